The van der Waals surface area contributed by atoms with Gasteiger partial charge in [-0.15, -0.1) is 24.0 Å². The molecule has 6 nitrogen and oxygen atoms in total. The number of hydrogen-bond donors (Lipinski definition) is 2. The zero-order chi connectivity index (χ0) is 17.0. The molecule has 25 heavy (non-hydrogen) atoms. The molecule has 1 heterocycles. The van der Waals surface area contributed by atoms with Crippen LogP contribution in [0.3, 0.4) is 0 Å². The van der Waals surface area contributed by atoms with E-state index in [1.165, 1.54) is 12.8 Å². The Morgan fingerprint density at radius 3 is 2.36 bits per heavy atom. The summed E-state index contributed by atoms with van der Waals surface area (Å²) in [5.41, 5.74) is 1.03. The predicted molar refractivity (Wildman–Crippen MR) is 111 cm³/mol. The Labute approximate surface area is 167 Å². The van der Waals surface area contributed by atoms with Crippen molar-refractivity contribution in [3.05, 3.63) is 29.8 Å². The first kappa shape index (κ1) is 20.4. The molecule has 2 N–H and O–H groups in total. The number of guanidine groups is 1. The number of sulfonamides is 1. The summed E-state index contributed by atoms with van der Waals surface area (Å²) in [5.74, 6) is 1.58. The first-order valence-electron chi connectivity index (χ1n) is 8.63. The lowest BCUT2D eigenvalue weighted by Crippen LogP contribution is -2.37. The number of benzene rings is 1. The largest absolute Gasteiger partial charge is 0.356 e. The molecule has 8 heteroatoms. The molecule has 0 atom stereocenters. The third-order valence-corrected chi connectivity index (χ3v) is 6.48. The van der Waals surface area contributed by atoms with Crippen LogP contribution in [0.2, 0.25) is 0 Å². The van der Waals surface area contributed by atoms with Gasteiger partial charge in [0.05, 0.1) is 4.90 Å². The van der Waals surface area contributed by atoms with Gasteiger partial charge in [0, 0.05) is 33.2 Å². The van der Waals surface area contributed by atoms with Crippen LogP contribution in [0.4, 0.5) is 0 Å². The van der Waals surface area contributed by atoms with Crippen LogP contribution in [0.25, 0.3) is 0 Å². The summed E-state index contributed by atoms with van der Waals surface area (Å²) in [5, 5.41) is 6.57. The maximum atomic E-state index is 12.5. The maximum Gasteiger partial charge on any atom is 0.243 e. The van der Waals surface area contributed by atoms with E-state index >= 15 is 0 Å². The lowest BCUT2D eigenvalue weighted by molar-refractivity contribution is 0.477. The Kier molecular flexibility index (Phi) is 7.51. The number of aliphatic imine (C=N–C) groups is 1. The van der Waals surface area contributed by atoms with Gasteiger partial charge in [0.2, 0.25) is 10.0 Å². The second-order valence-electron chi connectivity index (χ2n) is 6.51. The van der Waals surface area contributed by atoms with Crippen LogP contribution in [0, 0.1) is 5.92 Å². The Morgan fingerprint density at radius 1 is 1.16 bits per heavy atom. The molecule has 0 unspecified atom stereocenters. The van der Waals surface area contributed by atoms with Gasteiger partial charge < -0.3 is 10.6 Å². The highest BCUT2D eigenvalue weighted by Crippen LogP contribution is 2.27. The molecule has 1 saturated carbocycles. The lowest BCUT2D eigenvalue weighted by Gasteiger charge is -2.16. The third kappa shape index (κ3) is 5.55. The smallest absolute Gasteiger partial charge is 0.243 e. The van der Waals surface area contributed by atoms with E-state index in [1.54, 1.807) is 23.5 Å². The predicted octanol–water partition coefficient (Wildman–Crippen LogP) is 2.16. The van der Waals surface area contributed by atoms with E-state index in [1.807, 2.05) is 12.1 Å². The van der Waals surface area contributed by atoms with Crippen LogP contribution in [-0.4, -0.2) is 45.4 Å². The van der Waals surface area contributed by atoms with E-state index in [4.69, 9.17) is 0 Å². The quantitative estimate of drug-likeness (QED) is 0.374. The molecule has 1 aromatic rings. The Bertz CT molecular complexity index is 681. The van der Waals surface area contributed by atoms with Gasteiger partial charge >= 0.3 is 0 Å². The van der Waals surface area contributed by atoms with E-state index in [9.17, 15) is 8.42 Å². The fraction of sp³-hybridized carbons (Fsp3) is 0.588. The molecule has 0 aromatic heterocycles. The van der Waals surface area contributed by atoms with E-state index in [0.29, 0.717) is 24.5 Å². The molecule has 1 aromatic carbocycles. The van der Waals surface area contributed by atoms with Crippen LogP contribution >= 0.6 is 24.0 Å². The summed E-state index contributed by atoms with van der Waals surface area (Å²) in [4.78, 5) is 4.58. The highest BCUT2D eigenvalue weighted by atomic mass is 127. The fourth-order valence-electron chi connectivity index (χ4n) is 2.83. The summed E-state index contributed by atoms with van der Waals surface area (Å²) >= 11 is 0. The number of nitrogens with zero attached hydrogens (tertiary/aromatic N) is 2. The fourth-order valence-corrected chi connectivity index (χ4v) is 4.34. The van der Waals surface area contributed by atoms with E-state index in [-0.39, 0.29) is 24.0 Å². The molecule has 0 radical (unpaired) electrons. The molecule has 1 saturated heterocycles. The second kappa shape index (κ2) is 9.18. The van der Waals surface area contributed by atoms with Crippen LogP contribution in [0.1, 0.15) is 31.2 Å². The van der Waals surface area contributed by atoms with E-state index in [0.717, 1.165) is 36.8 Å². The Hall–Kier alpha value is -0.870. The first-order chi connectivity index (χ1) is 11.6. The van der Waals surface area contributed by atoms with Crippen molar-refractivity contribution in [2.75, 3.05) is 26.7 Å². The summed E-state index contributed by atoms with van der Waals surface area (Å²) in [6.45, 7) is 2.85. The molecule has 140 valence electrons. The van der Waals surface area contributed by atoms with Gasteiger partial charge in [-0.2, -0.15) is 4.31 Å². The first-order valence-corrected chi connectivity index (χ1v) is 10.1. The standard InChI is InChI=1S/C17H26N4O2S.HI/c1-18-17(19-12-14-4-5-14)20-13-15-6-8-16(9-7-15)24(22,23)21-10-2-3-11-21;/h6-9,14H,2-5,10-13H2,1H3,(H2,18,19,20);1H. The molecule has 0 bridgehead atoms. The Morgan fingerprint density at radius 2 is 1.80 bits per heavy atom. The highest BCUT2D eigenvalue weighted by Gasteiger charge is 2.26. The second-order valence-corrected chi connectivity index (χ2v) is 8.44. The highest BCUT2D eigenvalue weighted by molar-refractivity contribution is 14.0. The summed E-state index contributed by atoms with van der Waals surface area (Å²) in [7, 11) is -1.57. The van der Waals surface area contributed by atoms with Crippen molar-refractivity contribution < 1.29 is 8.42 Å². The number of halogens is 1. The summed E-state index contributed by atoms with van der Waals surface area (Å²) < 4.78 is 26.6. The number of nitrogens with one attached hydrogen (secondary N) is 2. The van der Waals surface area contributed by atoms with E-state index in [2.05, 4.69) is 15.6 Å². The van der Waals surface area contributed by atoms with Crippen molar-refractivity contribution in [1.82, 2.24) is 14.9 Å². The molecule has 3 rings (SSSR count). The summed E-state index contributed by atoms with van der Waals surface area (Å²) in [6, 6.07) is 7.13. The van der Waals surface area contributed by atoms with Crippen molar-refractivity contribution in [1.29, 1.82) is 0 Å². The van der Waals surface area contributed by atoms with Gasteiger partial charge in [-0.05, 0) is 49.3 Å². The molecular weight excluding hydrogens is 451 g/mol. The van der Waals surface area contributed by atoms with Gasteiger partial charge in [-0.1, -0.05) is 12.1 Å². The van der Waals surface area contributed by atoms with Crippen LogP contribution in [-0.2, 0) is 16.6 Å². The molecule has 1 aliphatic heterocycles. The third-order valence-electron chi connectivity index (χ3n) is 4.56. The molecule has 2 aliphatic rings. The minimum absolute atomic E-state index is 0. The molecular formula is C17H27IN4O2S. The summed E-state index contributed by atoms with van der Waals surface area (Å²) in [6.07, 6.45) is 4.51. The average molecular weight is 478 g/mol. The number of hydrogen-bond acceptors (Lipinski definition) is 3. The average Bonchev–Trinajstić information content (AvgIpc) is 3.25. The number of rotatable bonds is 6. The zero-order valence-corrected chi connectivity index (χ0v) is 17.7. The van der Waals surface area contributed by atoms with Crippen molar-refractivity contribution in [2.45, 2.75) is 37.1 Å². The van der Waals surface area contributed by atoms with E-state index < -0.39 is 10.0 Å². The minimum Gasteiger partial charge on any atom is -0.356 e. The molecule has 0 spiro atoms. The van der Waals surface area contributed by atoms with Crippen molar-refractivity contribution >= 4 is 40.0 Å². The monoisotopic (exact) mass is 478 g/mol. The van der Waals surface area contributed by atoms with Crippen LogP contribution in [0.5, 0.6) is 0 Å². The van der Waals surface area contributed by atoms with Crippen molar-refractivity contribution in [2.24, 2.45) is 10.9 Å². The topological polar surface area (TPSA) is 73.8 Å². The molecule has 1 aliphatic carbocycles. The van der Waals surface area contributed by atoms with Gasteiger partial charge in [0.15, 0.2) is 5.96 Å². The molecule has 2 fully saturated rings. The van der Waals surface area contributed by atoms with Gasteiger partial charge in [0.1, 0.15) is 0 Å². The maximum absolute atomic E-state index is 12.5. The van der Waals surface area contributed by atoms with Crippen molar-refractivity contribution in [3.63, 3.8) is 0 Å². The normalized spacial score (nSPS) is 18.7. The molecule has 0 amide bonds. The van der Waals surface area contributed by atoms with Gasteiger partial charge in [0.25, 0.3) is 0 Å². The van der Waals surface area contributed by atoms with Crippen LogP contribution < -0.4 is 10.6 Å². The van der Waals surface area contributed by atoms with Gasteiger partial charge in [-0.25, -0.2) is 8.42 Å². The zero-order valence-electron chi connectivity index (χ0n) is 14.6. The Balaban J connectivity index is 0.00000225. The van der Waals surface area contributed by atoms with Crippen molar-refractivity contribution in [3.8, 4) is 0 Å². The minimum atomic E-state index is -3.33. The van der Waals surface area contributed by atoms with Gasteiger partial charge in [-0.3, -0.25) is 4.99 Å². The van der Waals surface area contributed by atoms with Crippen LogP contribution in [0.15, 0.2) is 34.2 Å². The lowest BCUT2D eigenvalue weighted by atomic mass is 10.2. The SMILES string of the molecule is CN=C(NCc1ccc(S(=O)(=O)N2CCCC2)cc1)NCC1CC1.I.